The lowest BCUT2D eigenvalue weighted by Gasteiger charge is -2.13. The molecular formula is C26H23F2N7O3. The van der Waals surface area contributed by atoms with E-state index in [2.05, 4.69) is 25.8 Å². The molecule has 0 atom stereocenters. The maximum absolute atomic E-state index is 13.3. The summed E-state index contributed by atoms with van der Waals surface area (Å²) in [6, 6.07) is 15.2. The van der Waals surface area contributed by atoms with E-state index in [0.29, 0.717) is 30.2 Å². The lowest BCUT2D eigenvalue weighted by Crippen LogP contribution is -2.15. The molecule has 3 aromatic heterocycles. The number of para-hydroxylation sites is 1. The van der Waals surface area contributed by atoms with Gasteiger partial charge in [0.1, 0.15) is 28.5 Å². The van der Waals surface area contributed by atoms with Crippen molar-refractivity contribution in [3.63, 3.8) is 0 Å². The van der Waals surface area contributed by atoms with Crippen LogP contribution in [0, 0.1) is 0 Å². The quantitative estimate of drug-likeness (QED) is 0.281. The Balaban J connectivity index is 1.55. The van der Waals surface area contributed by atoms with Crippen LogP contribution in [0.2, 0.25) is 0 Å². The van der Waals surface area contributed by atoms with E-state index in [1.807, 2.05) is 18.2 Å². The van der Waals surface area contributed by atoms with Crippen molar-refractivity contribution in [1.82, 2.24) is 29.7 Å². The molecule has 38 heavy (non-hydrogen) atoms. The van der Waals surface area contributed by atoms with E-state index in [1.54, 1.807) is 54.6 Å². The number of ether oxygens (including phenoxy) is 2. The molecule has 3 heterocycles. The zero-order valence-corrected chi connectivity index (χ0v) is 20.2. The summed E-state index contributed by atoms with van der Waals surface area (Å²) in [6.07, 6.45) is 6.26. The van der Waals surface area contributed by atoms with Crippen LogP contribution in [0.3, 0.4) is 0 Å². The molecule has 2 aromatic carbocycles. The standard InChI is InChI=1S/C26H23F2N7O3/c1-29-11-13-34-16-21(32-25(36)20-15-31-35-12-5-10-30-24(20)35)23(33-34)19-14-18(8-9-22(19)38-26(27)28)37-17-6-3-2-4-7-17/h2-10,12,14-16,26,29H,11,13H2,1H3,(H,32,36). The Morgan fingerprint density at radius 3 is 2.74 bits per heavy atom. The first-order valence-corrected chi connectivity index (χ1v) is 11.7. The predicted molar refractivity (Wildman–Crippen MR) is 136 cm³/mol. The number of benzene rings is 2. The predicted octanol–water partition coefficient (Wildman–Crippen LogP) is 4.46. The second-order valence-electron chi connectivity index (χ2n) is 8.11. The van der Waals surface area contributed by atoms with Gasteiger partial charge >= 0.3 is 6.61 Å². The summed E-state index contributed by atoms with van der Waals surface area (Å²) in [7, 11) is 1.80. The van der Waals surface area contributed by atoms with Gasteiger partial charge in [-0.2, -0.15) is 19.0 Å². The summed E-state index contributed by atoms with van der Waals surface area (Å²) in [5.41, 5.74) is 1.35. The molecule has 0 unspecified atom stereocenters. The summed E-state index contributed by atoms with van der Waals surface area (Å²) < 4.78 is 40.4. The van der Waals surface area contributed by atoms with Gasteiger partial charge in [-0.05, 0) is 43.4 Å². The fraction of sp³-hybridized carbons (Fsp3) is 0.154. The molecule has 0 fully saturated rings. The molecule has 0 spiro atoms. The molecule has 1 amide bonds. The van der Waals surface area contributed by atoms with Crippen LogP contribution in [0.1, 0.15) is 10.4 Å². The Morgan fingerprint density at radius 1 is 1.11 bits per heavy atom. The zero-order chi connectivity index (χ0) is 26.5. The van der Waals surface area contributed by atoms with Gasteiger partial charge in [-0.1, -0.05) is 18.2 Å². The second-order valence-corrected chi connectivity index (χ2v) is 8.11. The summed E-state index contributed by atoms with van der Waals surface area (Å²) in [5.74, 6) is 0.338. The van der Waals surface area contributed by atoms with Crippen molar-refractivity contribution >= 4 is 17.2 Å². The number of fused-ring (bicyclic) bond motifs is 1. The van der Waals surface area contributed by atoms with Crippen LogP contribution < -0.4 is 20.1 Å². The Bertz CT molecular complexity index is 1550. The molecule has 0 saturated carbocycles. The Hall–Kier alpha value is -4.84. The summed E-state index contributed by atoms with van der Waals surface area (Å²) in [4.78, 5) is 17.5. The van der Waals surface area contributed by atoms with E-state index in [9.17, 15) is 13.6 Å². The molecule has 2 N–H and O–H groups in total. The van der Waals surface area contributed by atoms with E-state index in [4.69, 9.17) is 9.47 Å². The highest BCUT2D eigenvalue weighted by molar-refractivity contribution is 6.09. The Labute approximate surface area is 215 Å². The molecular weight excluding hydrogens is 496 g/mol. The van der Waals surface area contributed by atoms with Crippen molar-refractivity contribution in [1.29, 1.82) is 0 Å². The largest absolute Gasteiger partial charge is 0.457 e. The van der Waals surface area contributed by atoms with Crippen molar-refractivity contribution in [2.45, 2.75) is 13.2 Å². The number of carbonyl (C=O) groups is 1. The number of nitrogens with one attached hydrogen (secondary N) is 2. The van der Waals surface area contributed by atoms with Gasteiger partial charge in [0.15, 0.2) is 5.65 Å². The number of likely N-dealkylation sites (N-methyl/N-ethyl adjacent to an activating group) is 1. The SMILES string of the molecule is CNCCn1cc(NC(=O)c2cnn3cccnc23)c(-c2cc(Oc3ccccc3)ccc2OC(F)F)n1. The number of nitrogens with zero attached hydrogens (tertiary/aromatic N) is 5. The number of hydrogen-bond acceptors (Lipinski definition) is 7. The fourth-order valence-corrected chi connectivity index (χ4v) is 3.81. The van der Waals surface area contributed by atoms with Gasteiger partial charge in [-0.15, -0.1) is 0 Å². The molecule has 5 aromatic rings. The van der Waals surface area contributed by atoms with Gasteiger partial charge in [0.05, 0.1) is 24.0 Å². The van der Waals surface area contributed by atoms with Gasteiger partial charge in [0.2, 0.25) is 0 Å². The minimum atomic E-state index is -3.07. The number of anilines is 1. The highest BCUT2D eigenvalue weighted by atomic mass is 19.3. The van der Waals surface area contributed by atoms with Gasteiger partial charge in [-0.25, -0.2) is 9.50 Å². The molecule has 0 aliphatic carbocycles. The van der Waals surface area contributed by atoms with Crippen LogP contribution in [-0.4, -0.2) is 50.5 Å². The van der Waals surface area contributed by atoms with Crippen molar-refractivity contribution in [3.8, 4) is 28.5 Å². The zero-order valence-electron chi connectivity index (χ0n) is 20.2. The molecule has 0 radical (unpaired) electrons. The normalized spacial score (nSPS) is 11.2. The molecule has 194 valence electrons. The lowest BCUT2D eigenvalue weighted by molar-refractivity contribution is -0.0494. The lowest BCUT2D eigenvalue weighted by atomic mass is 10.1. The van der Waals surface area contributed by atoms with Crippen LogP contribution in [0.4, 0.5) is 14.5 Å². The van der Waals surface area contributed by atoms with Gasteiger partial charge < -0.3 is 20.1 Å². The Kier molecular flexibility index (Phi) is 7.22. The van der Waals surface area contributed by atoms with E-state index in [0.717, 1.165) is 0 Å². The Morgan fingerprint density at radius 2 is 1.95 bits per heavy atom. The molecule has 0 aliphatic heterocycles. The van der Waals surface area contributed by atoms with Crippen molar-refractivity contribution in [2.24, 2.45) is 0 Å². The molecule has 0 bridgehead atoms. The molecule has 10 nitrogen and oxygen atoms in total. The molecule has 0 saturated heterocycles. The van der Waals surface area contributed by atoms with Crippen LogP contribution in [0.15, 0.2) is 79.4 Å². The average molecular weight is 520 g/mol. The van der Waals surface area contributed by atoms with Crippen molar-refractivity contribution in [2.75, 3.05) is 18.9 Å². The molecule has 0 aliphatic rings. The van der Waals surface area contributed by atoms with E-state index >= 15 is 0 Å². The van der Waals surface area contributed by atoms with Crippen molar-refractivity contribution in [3.05, 3.63) is 84.9 Å². The van der Waals surface area contributed by atoms with Crippen LogP contribution in [0.25, 0.3) is 16.9 Å². The van der Waals surface area contributed by atoms with Crippen molar-refractivity contribution < 1.29 is 23.0 Å². The number of carbonyl (C=O) groups excluding carboxylic acids is 1. The topological polar surface area (TPSA) is 108 Å². The monoisotopic (exact) mass is 519 g/mol. The fourth-order valence-electron chi connectivity index (χ4n) is 3.81. The highest BCUT2D eigenvalue weighted by Crippen LogP contribution is 2.38. The number of halogens is 2. The number of amides is 1. The highest BCUT2D eigenvalue weighted by Gasteiger charge is 2.22. The average Bonchev–Trinajstić information content (AvgIpc) is 3.53. The summed E-state index contributed by atoms with van der Waals surface area (Å²) in [5, 5.41) is 14.6. The van der Waals surface area contributed by atoms with E-state index in [-0.39, 0.29) is 28.3 Å². The first-order chi connectivity index (χ1) is 18.5. The maximum atomic E-state index is 13.3. The van der Waals surface area contributed by atoms with E-state index < -0.39 is 12.5 Å². The van der Waals surface area contributed by atoms with Crippen LogP contribution in [0.5, 0.6) is 17.2 Å². The molecule has 5 rings (SSSR count). The molecule has 12 heteroatoms. The second kappa shape index (κ2) is 11.0. The first kappa shape index (κ1) is 24.8. The smallest absolute Gasteiger partial charge is 0.387 e. The third kappa shape index (κ3) is 5.44. The number of aromatic nitrogens is 5. The third-order valence-corrected chi connectivity index (χ3v) is 5.53. The minimum Gasteiger partial charge on any atom is -0.457 e. The van der Waals surface area contributed by atoms with Crippen LogP contribution >= 0.6 is 0 Å². The van der Waals surface area contributed by atoms with Gasteiger partial charge in [-0.3, -0.25) is 9.48 Å². The number of rotatable bonds is 10. The summed E-state index contributed by atoms with van der Waals surface area (Å²) >= 11 is 0. The first-order valence-electron chi connectivity index (χ1n) is 11.7. The summed E-state index contributed by atoms with van der Waals surface area (Å²) in [6.45, 7) is -2.02. The van der Waals surface area contributed by atoms with Gasteiger partial charge in [0, 0.05) is 25.1 Å². The maximum Gasteiger partial charge on any atom is 0.387 e. The third-order valence-electron chi connectivity index (χ3n) is 5.53. The minimum absolute atomic E-state index is 0.118. The van der Waals surface area contributed by atoms with Gasteiger partial charge in [0.25, 0.3) is 5.91 Å². The van der Waals surface area contributed by atoms with E-state index in [1.165, 1.54) is 22.8 Å². The van der Waals surface area contributed by atoms with Crippen LogP contribution in [-0.2, 0) is 6.54 Å². The number of hydrogen-bond donors (Lipinski definition) is 2. The number of alkyl halides is 2.